The lowest BCUT2D eigenvalue weighted by molar-refractivity contribution is 0.0998. The first-order chi connectivity index (χ1) is 7.15. The van der Waals surface area contributed by atoms with Gasteiger partial charge in [-0.2, -0.15) is 0 Å². The molecule has 15 heavy (non-hydrogen) atoms. The molecule has 1 aromatic rings. The van der Waals surface area contributed by atoms with Crippen LogP contribution in [0.4, 0.5) is 0 Å². The molecule has 4 nitrogen and oxygen atoms in total. The number of primary amides is 1. The van der Waals surface area contributed by atoms with E-state index in [0.29, 0.717) is 0 Å². The summed E-state index contributed by atoms with van der Waals surface area (Å²) in [6.07, 6.45) is 5.85. The van der Waals surface area contributed by atoms with Gasteiger partial charge in [0.25, 0.3) is 11.5 Å². The molecule has 3 N–H and O–H groups in total. The number of carbonyl (C=O) groups excluding carboxylic acids is 1. The molecule has 0 radical (unpaired) electrons. The summed E-state index contributed by atoms with van der Waals surface area (Å²) in [5.41, 5.74) is 5.67. The zero-order valence-corrected chi connectivity index (χ0v) is 8.88. The lowest BCUT2D eigenvalue weighted by atomic mass is 10.1. The Morgan fingerprint density at radius 3 is 2.80 bits per heavy atom. The molecule has 0 aliphatic heterocycles. The minimum Gasteiger partial charge on any atom is -0.365 e. The summed E-state index contributed by atoms with van der Waals surface area (Å²) in [5, 5.41) is 0. The van der Waals surface area contributed by atoms with E-state index in [2.05, 4.69) is 11.9 Å². The highest BCUT2D eigenvalue weighted by Gasteiger charge is 2.06. The van der Waals surface area contributed by atoms with E-state index in [1.165, 1.54) is 0 Å². The Morgan fingerprint density at radius 2 is 2.20 bits per heavy atom. The molecular weight excluding hydrogens is 192 g/mol. The topological polar surface area (TPSA) is 75.9 Å². The average molecular weight is 208 g/mol. The molecular formula is C11H16N2O2. The highest BCUT2D eigenvalue weighted by molar-refractivity contribution is 5.92. The highest BCUT2D eigenvalue weighted by atomic mass is 16.2. The van der Waals surface area contributed by atoms with Crippen molar-refractivity contribution in [2.24, 2.45) is 5.73 Å². The van der Waals surface area contributed by atoms with Crippen LogP contribution in [0.1, 0.15) is 42.1 Å². The first kappa shape index (κ1) is 11.5. The Bertz CT molecular complexity index is 396. The predicted molar refractivity (Wildman–Crippen MR) is 58.8 cm³/mol. The fourth-order valence-electron chi connectivity index (χ4n) is 1.44. The summed E-state index contributed by atoms with van der Waals surface area (Å²) in [4.78, 5) is 24.6. The summed E-state index contributed by atoms with van der Waals surface area (Å²) < 4.78 is 0. The van der Waals surface area contributed by atoms with Crippen molar-refractivity contribution in [3.8, 4) is 0 Å². The standard InChI is InChI=1S/C11H16N2O2/c1-2-3-4-5-8-6-9(10(12)14)11(15)13-7-8/h6-7H,2-5H2,1H3,(H2,12,14)(H,13,15). The zero-order chi connectivity index (χ0) is 11.3. The van der Waals surface area contributed by atoms with Crippen molar-refractivity contribution in [2.45, 2.75) is 32.6 Å². The summed E-state index contributed by atoms with van der Waals surface area (Å²) in [6.45, 7) is 2.13. The van der Waals surface area contributed by atoms with E-state index in [4.69, 9.17) is 5.73 Å². The van der Waals surface area contributed by atoms with Crippen LogP contribution in [-0.2, 0) is 6.42 Å². The third-order valence-electron chi connectivity index (χ3n) is 2.30. The number of hydrogen-bond donors (Lipinski definition) is 2. The average Bonchev–Trinajstić information content (AvgIpc) is 2.20. The highest BCUT2D eigenvalue weighted by Crippen LogP contribution is 2.05. The molecule has 0 atom stereocenters. The molecule has 0 unspecified atom stereocenters. The van der Waals surface area contributed by atoms with Gasteiger partial charge < -0.3 is 10.7 Å². The van der Waals surface area contributed by atoms with Crippen LogP contribution in [0.2, 0.25) is 0 Å². The van der Waals surface area contributed by atoms with E-state index in [9.17, 15) is 9.59 Å². The van der Waals surface area contributed by atoms with Gasteiger partial charge in [-0.15, -0.1) is 0 Å². The quantitative estimate of drug-likeness (QED) is 0.713. The van der Waals surface area contributed by atoms with Gasteiger partial charge in [0.15, 0.2) is 0 Å². The number of H-pyrrole nitrogens is 1. The molecule has 4 heteroatoms. The molecule has 0 aromatic carbocycles. The summed E-state index contributed by atoms with van der Waals surface area (Å²) in [5.74, 6) is -0.673. The molecule has 0 aliphatic rings. The summed E-state index contributed by atoms with van der Waals surface area (Å²) in [7, 11) is 0. The van der Waals surface area contributed by atoms with Gasteiger partial charge in [-0.25, -0.2) is 0 Å². The van der Waals surface area contributed by atoms with Crippen molar-refractivity contribution in [3.63, 3.8) is 0 Å². The lowest BCUT2D eigenvalue weighted by Gasteiger charge is -2.01. The van der Waals surface area contributed by atoms with Crippen LogP contribution in [-0.4, -0.2) is 10.9 Å². The largest absolute Gasteiger partial charge is 0.365 e. The van der Waals surface area contributed by atoms with Crippen LogP contribution in [0.3, 0.4) is 0 Å². The molecule has 0 aliphatic carbocycles. The molecule has 1 rings (SSSR count). The van der Waals surface area contributed by atoms with Crippen molar-refractivity contribution in [1.29, 1.82) is 0 Å². The van der Waals surface area contributed by atoms with E-state index < -0.39 is 11.5 Å². The molecule has 1 amide bonds. The van der Waals surface area contributed by atoms with E-state index in [0.717, 1.165) is 31.2 Å². The van der Waals surface area contributed by atoms with Gasteiger partial charge in [-0.1, -0.05) is 19.8 Å². The third kappa shape index (κ3) is 3.23. The molecule has 0 saturated carbocycles. The second kappa shape index (κ2) is 5.34. The van der Waals surface area contributed by atoms with E-state index in [-0.39, 0.29) is 5.56 Å². The Labute approximate surface area is 88.5 Å². The number of rotatable bonds is 5. The van der Waals surface area contributed by atoms with Gasteiger partial charge in [0.2, 0.25) is 0 Å². The normalized spacial score (nSPS) is 10.2. The Balaban J connectivity index is 2.79. The van der Waals surface area contributed by atoms with Crippen LogP contribution in [0.25, 0.3) is 0 Å². The second-order valence-corrected chi connectivity index (χ2v) is 3.57. The van der Waals surface area contributed by atoms with Crippen molar-refractivity contribution in [1.82, 2.24) is 4.98 Å². The van der Waals surface area contributed by atoms with Crippen molar-refractivity contribution in [3.05, 3.63) is 33.7 Å². The molecule has 1 heterocycles. The first-order valence-corrected chi connectivity index (χ1v) is 5.16. The minimum atomic E-state index is -0.673. The maximum atomic E-state index is 11.2. The van der Waals surface area contributed by atoms with Crippen molar-refractivity contribution in [2.75, 3.05) is 0 Å². The monoisotopic (exact) mass is 208 g/mol. The Kier molecular flexibility index (Phi) is 4.09. The number of aromatic nitrogens is 1. The van der Waals surface area contributed by atoms with Gasteiger partial charge in [-0.3, -0.25) is 9.59 Å². The van der Waals surface area contributed by atoms with E-state index in [1.54, 1.807) is 12.3 Å². The van der Waals surface area contributed by atoms with Crippen LogP contribution in [0, 0.1) is 0 Å². The third-order valence-corrected chi connectivity index (χ3v) is 2.30. The molecule has 0 spiro atoms. The number of aryl methyl sites for hydroxylation is 1. The van der Waals surface area contributed by atoms with E-state index >= 15 is 0 Å². The van der Waals surface area contributed by atoms with Crippen LogP contribution < -0.4 is 11.3 Å². The number of amides is 1. The van der Waals surface area contributed by atoms with Gasteiger partial charge in [0.05, 0.1) is 0 Å². The molecule has 0 saturated heterocycles. The van der Waals surface area contributed by atoms with Crippen LogP contribution in [0.5, 0.6) is 0 Å². The number of nitrogens with one attached hydrogen (secondary N) is 1. The Hall–Kier alpha value is -1.58. The van der Waals surface area contributed by atoms with Gasteiger partial charge in [-0.05, 0) is 24.5 Å². The van der Waals surface area contributed by atoms with Crippen LogP contribution in [0.15, 0.2) is 17.1 Å². The summed E-state index contributed by atoms with van der Waals surface area (Å²) >= 11 is 0. The van der Waals surface area contributed by atoms with Crippen molar-refractivity contribution < 1.29 is 4.79 Å². The zero-order valence-electron chi connectivity index (χ0n) is 8.88. The smallest absolute Gasteiger partial charge is 0.260 e. The SMILES string of the molecule is CCCCCc1c[nH]c(=O)c(C(N)=O)c1. The van der Waals surface area contributed by atoms with Gasteiger partial charge in [0, 0.05) is 6.20 Å². The number of pyridine rings is 1. The number of unbranched alkanes of at least 4 members (excludes halogenated alkanes) is 2. The fraction of sp³-hybridized carbons (Fsp3) is 0.455. The van der Waals surface area contributed by atoms with Gasteiger partial charge in [0.1, 0.15) is 5.56 Å². The molecule has 0 fully saturated rings. The van der Waals surface area contributed by atoms with Gasteiger partial charge >= 0.3 is 0 Å². The predicted octanol–water partition coefficient (Wildman–Crippen LogP) is 1.21. The molecule has 82 valence electrons. The maximum absolute atomic E-state index is 11.2. The Morgan fingerprint density at radius 1 is 1.47 bits per heavy atom. The summed E-state index contributed by atoms with van der Waals surface area (Å²) in [6, 6.07) is 1.58. The fourth-order valence-corrected chi connectivity index (χ4v) is 1.44. The van der Waals surface area contributed by atoms with Crippen LogP contribution >= 0.6 is 0 Å². The second-order valence-electron chi connectivity index (χ2n) is 3.57. The number of hydrogen-bond acceptors (Lipinski definition) is 2. The molecule has 1 aromatic heterocycles. The number of aromatic amines is 1. The lowest BCUT2D eigenvalue weighted by Crippen LogP contribution is -2.23. The number of carbonyl (C=O) groups is 1. The van der Waals surface area contributed by atoms with E-state index in [1.807, 2.05) is 0 Å². The number of nitrogens with two attached hydrogens (primary N) is 1. The minimum absolute atomic E-state index is 0.0454. The molecule has 0 bridgehead atoms. The maximum Gasteiger partial charge on any atom is 0.260 e. The van der Waals surface area contributed by atoms with Crippen molar-refractivity contribution >= 4 is 5.91 Å². The first-order valence-electron chi connectivity index (χ1n) is 5.16.